The third-order valence-corrected chi connectivity index (χ3v) is 4.06. The van der Waals surface area contributed by atoms with E-state index >= 15 is 0 Å². The molecule has 0 atom stereocenters. The van der Waals surface area contributed by atoms with E-state index in [0.717, 1.165) is 17.0 Å². The van der Waals surface area contributed by atoms with Gasteiger partial charge >= 0.3 is 0 Å². The molecule has 0 fully saturated rings. The molecule has 0 radical (unpaired) electrons. The van der Waals surface area contributed by atoms with E-state index in [-0.39, 0.29) is 11.4 Å². The summed E-state index contributed by atoms with van der Waals surface area (Å²) in [5.41, 5.74) is 12.2. The molecule has 0 spiro atoms. The molecule has 1 aromatic heterocycles. The average Bonchev–Trinajstić information content (AvgIpc) is 3.09. The van der Waals surface area contributed by atoms with E-state index in [0.29, 0.717) is 17.9 Å². The van der Waals surface area contributed by atoms with E-state index in [1.165, 1.54) is 0 Å². The van der Waals surface area contributed by atoms with Gasteiger partial charge in [-0.2, -0.15) is 10.4 Å². The molecule has 1 heterocycles. The number of hydrogen-bond acceptors (Lipinski definition) is 6. The summed E-state index contributed by atoms with van der Waals surface area (Å²) in [5, 5.41) is 13.5. The fraction of sp³-hybridized carbons (Fsp3) is 0.100. The maximum Gasteiger partial charge on any atom is 0.151 e. The minimum atomic E-state index is 0.101. The third kappa shape index (κ3) is 4.08. The maximum absolute atomic E-state index is 9.03. The lowest BCUT2D eigenvalue weighted by Gasteiger charge is -2.08. The largest absolute Gasteiger partial charge is 0.487 e. The Morgan fingerprint density at radius 1 is 1.19 bits per heavy atom. The molecule has 3 aromatic rings. The Labute approximate surface area is 157 Å². The van der Waals surface area contributed by atoms with E-state index < -0.39 is 0 Å². The van der Waals surface area contributed by atoms with Crippen molar-refractivity contribution in [2.45, 2.75) is 6.61 Å². The highest BCUT2D eigenvalue weighted by molar-refractivity contribution is 5.69. The second kappa shape index (κ2) is 8.08. The predicted molar refractivity (Wildman–Crippen MR) is 103 cm³/mol. The van der Waals surface area contributed by atoms with Crippen LogP contribution in [0.25, 0.3) is 17.0 Å². The smallest absolute Gasteiger partial charge is 0.151 e. The highest BCUT2D eigenvalue weighted by Gasteiger charge is 2.09. The molecule has 0 bridgehead atoms. The van der Waals surface area contributed by atoms with Crippen LogP contribution >= 0.6 is 0 Å². The number of nitriles is 1. The Morgan fingerprint density at radius 2 is 1.96 bits per heavy atom. The lowest BCUT2D eigenvalue weighted by molar-refractivity contribution is 0.300. The first-order valence-electron chi connectivity index (χ1n) is 8.30. The highest BCUT2D eigenvalue weighted by Crippen LogP contribution is 2.22. The normalized spacial score (nSPS) is 11.4. The number of nitrogens with one attached hydrogen (secondary N) is 1. The number of aromatic nitrogens is 2. The maximum atomic E-state index is 9.03. The quantitative estimate of drug-likeness (QED) is 0.353. The van der Waals surface area contributed by atoms with Crippen LogP contribution in [0.15, 0.2) is 66.4 Å². The molecular formula is C20H20N6O. The van der Waals surface area contributed by atoms with Gasteiger partial charge in [0.2, 0.25) is 0 Å². The molecule has 136 valence electrons. The molecule has 0 saturated carbocycles. The van der Waals surface area contributed by atoms with Gasteiger partial charge in [0.15, 0.2) is 5.70 Å². The van der Waals surface area contributed by atoms with Crippen LogP contribution in [0.5, 0.6) is 5.75 Å². The van der Waals surface area contributed by atoms with Crippen LogP contribution in [0.2, 0.25) is 0 Å². The second-order valence-electron chi connectivity index (χ2n) is 5.87. The van der Waals surface area contributed by atoms with E-state index in [2.05, 4.69) is 10.5 Å². The number of aryl methyl sites for hydroxylation is 1. The van der Waals surface area contributed by atoms with Gasteiger partial charge < -0.3 is 15.9 Å². The Kier molecular flexibility index (Phi) is 5.40. The monoisotopic (exact) mass is 360 g/mol. The number of benzene rings is 2. The summed E-state index contributed by atoms with van der Waals surface area (Å²) in [5.74, 6) is 5.93. The summed E-state index contributed by atoms with van der Waals surface area (Å²) >= 11 is 0. The van der Waals surface area contributed by atoms with E-state index in [1.54, 1.807) is 18.2 Å². The Morgan fingerprint density at radius 3 is 2.67 bits per heavy atom. The summed E-state index contributed by atoms with van der Waals surface area (Å²) in [6.45, 7) is 0.313. The van der Waals surface area contributed by atoms with E-state index in [4.69, 9.17) is 21.6 Å². The number of ether oxygens (including phenoxy) is 1. The number of nitrogens with zero attached hydrogens (tertiary/aromatic N) is 3. The highest BCUT2D eigenvalue weighted by atomic mass is 16.5. The van der Waals surface area contributed by atoms with Crippen LogP contribution in [0.1, 0.15) is 11.3 Å². The Bertz CT molecular complexity index is 1000. The van der Waals surface area contributed by atoms with Crippen molar-refractivity contribution in [2.75, 3.05) is 0 Å². The molecule has 0 saturated heterocycles. The summed E-state index contributed by atoms with van der Waals surface area (Å²) in [4.78, 5) is 0. The van der Waals surface area contributed by atoms with Crippen molar-refractivity contribution in [2.24, 2.45) is 18.6 Å². The van der Waals surface area contributed by atoms with Gasteiger partial charge in [0.1, 0.15) is 24.1 Å². The van der Waals surface area contributed by atoms with Crippen molar-refractivity contribution in [1.29, 1.82) is 5.26 Å². The van der Waals surface area contributed by atoms with E-state index in [9.17, 15) is 0 Å². The molecule has 0 aliphatic carbocycles. The molecule has 27 heavy (non-hydrogen) atoms. The van der Waals surface area contributed by atoms with Crippen molar-refractivity contribution >= 4 is 5.70 Å². The van der Waals surface area contributed by atoms with Crippen molar-refractivity contribution in [3.8, 4) is 23.1 Å². The first kappa shape index (κ1) is 18.0. The fourth-order valence-corrected chi connectivity index (χ4v) is 2.70. The summed E-state index contributed by atoms with van der Waals surface area (Å²) < 4.78 is 7.68. The van der Waals surface area contributed by atoms with Gasteiger partial charge in [0, 0.05) is 12.6 Å². The van der Waals surface area contributed by atoms with Gasteiger partial charge in [-0.15, -0.1) is 0 Å². The standard InChI is InChI=1S/C20H20N6O/c1-26-19(14-6-3-2-4-7-14)11-16(25-26)13-27-17-9-5-8-15(10-17)20(22)18(12-21)24-23/h2-11,24H,13,22-23H2,1H3/b20-18-. The summed E-state index contributed by atoms with van der Waals surface area (Å²) in [7, 11) is 1.90. The minimum absolute atomic E-state index is 0.101. The van der Waals surface area contributed by atoms with Crippen molar-refractivity contribution < 1.29 is 4.74 Å². The molecule has 5 N–H and O–H groups in total. The van der Waals surface area contributed by atoms with Gasteiger partial charge in [-0.1, -0.05) is 42.5 Å². The van der Waals surface area contributed by atoms with E-state index in [1.807, 2.05) is 60.3 Å². The lowest BCUT2D eigenvalue weighted by atomic mass is 10.1. The SMILES string of the molecule is Cn1nc(COc2cccc(/C(N)=C(\C#N)NN)c2)cc1-c1ccccc1. The van der Waals surface area contributed by atoms with Crippen LogP contribution in [0.3, 0.4) is 0 Å². The number of nitrogens with two attached hydrogens (primary N) is 2. The van der Waals surface area contributed by atoms with Gasteiger partial charge in [-0.25, -0.2) is 5.84 Å². The number of rotatable bonds is 6. The second-order valence-corrected chi connectivity index (χ2v) is 5.87. The molecule has 7 nitrogen and oxygen atoms in total. The zero-order chi connectivity index (χ0) is 19.2. The topological polar surface area (TPSA) is 115 Å². The molecular weight excluding hydrogens is 340 g/mol. The summed E-state index contributed by atoms with van der Waals surface area (Å²) in [6.07, 6.45) is 0. The lowest BCUT2D eigenvalue weighted by Crippen LogP contribution is -2.23. The Balaban J connectivity index is 1.76. The molecule has 0 aliphatic heterocycles. The molecule has 0 unspecified atom stereocenters. The number of hydrazine groups is 1. The van der Waals surface area contributed by atoms with Crippen LogP contribution in [-0.2, 0) is 13.7 Å². The average molecular weight is 360 g/mol. The zero-order valence-corrected chi connectivity index (χ0v) is 14.9. The first-order valence-corrected chi connectivity index (χ1v) is 8.30. The predicted octanol–water partition coefficient (Wildman–Crippen LogP) is 2.28. The van der Waals surface area contributed by atoms with Crippen molar-refractivity contribution in [1.82, 2.24) is 15.2 Å². The van der Waals surface area contributed by atoms with Crippen LogP contribution in [0, 0.1) is 11.3 Å². The Hall–Kier alpha value is -3.76. The van der Waals surface area contributed by atoms with Gasteiger partial charge in [0.05, 0.1) is 11.4 Å². The number of allylic oxidation sites excluding steroid dienone is 1. The first-order chi connectivity index (χ1) is 13.1. The summed E-state index contributed by atoms with van der Waals surface area (Å²) in [6, 6.07) is 21.1. The van der Waals surface area contributed by atoms with Gasteiger partial charge in [0.25, 0.3) is 0 Å². The van der Waals surface area contributed by atoms with Crippen LogP contribution < -0.4 is 21.7 Å². The minimum Gasteiger partial charge on any atom is -0.487 e. The molecule has 2 aromatic carbocycles. The molecule has 3 rings (SSSR count). The molecule has 0 aliphatic rings. The van der Waals surface area contributed by atoms with Crippen molar-refractivity contribution in [3.05, 3.63) is 77.6 Å². The molecule has 0 amide bonds. The number of hydrogen-bond donors (Lipinski definition) is 3. The van der Waals surface area contributed by atoms with Crippen LogP contribution in [-0.4, -0.2) is 9.78 Å². The third-order valence-electron chi connectivity index (χ3n) is 4.06. The van der Waals surface area contributed by atoms with Gasteiger partial charge in [-0.3, -0.25) is 4.68 Å². The molecule has 7 heteroatoms. The van der Waals surface area contributed by atoms with Crippen molar-refractivity contribution in [3.63, 3.8) is 0 Å². The van der Waals surface area contributed by atoms with Crippen LogP contribution in [0.4, 0.5) is 0 Å². The van der Waals surface area contributed by atoms with Gasteiger partial charge in [-0.05, 0) is 23.8 Å². The zero-order valence-electron chi connectivity index (χ0n) is 14.9. The fourth-order valence-electron chi connectivity index (χ4n) is 2.70.